The summed E-state index contributed by atoms with van der Waals surface area (Å²) in [7, 11) is 0. The third kappa shape index (κ3) is 6.70. The van der Waals surface area contributed by atoms with E-state index >= 15 is 0 Å². The normalized spacial score (nSPS) is 11.6. The Kier molecular flexibility index (Phi) is 9.20. The van der Waals surface area contributed by atoms with Crippen molar-refractivity contribution >= 4 is 38.6 Å². The summed E-state index contributed by atoms with van der Waals surface area (Å²) in [5, 5.41) is 4.76. The lowest BCUT2D eigenvalue weighted by molar-refractivity contribution is 0.489. The van der Waals surface area contributed by atoms with Crippen LogP contribution in [0, 0.1) is 0 Å². The average molecular weight is 816 g/mol. The third-order valence-electron chi connectivity index (χ3n) is 12.7. The maximum atomic E-state index is 7.34. The molecule has 12 rings (SSSR count). The fourth-order valence-electron chi connectivity index (χ4n) is 9.43. The highest BCUT2D eigenvalue weighted by atomic mass is 16.5. The summed E-state index contributed by atoms with van der Waals surface area (Å²) < 4.78 is 7.34. The molecule has 2 heteroatoms. The SMILES string of the molecule is c1ccc(-c2ccc(-c3ccc(-c4ccc5c(c4)-c4c(ccc6ccccc46)-c4cccc(N(c6ccc(-c7ccccc7)cc6)c6ccc7ccccc7c6)c4O5)cc3)cc2)cc1. The van der Waals surface area contributed by atoms with Crippen LogP contribution in [-0.4, -0.2) is 0 Å². The highest BCUT2D eigenvalue weighted by Gasteiger charge is 2.28. The van der Waals surface area contributed by atoms with Crippen LogP contribution in [0.4, 0.5) is 17.1 Å². The highest BCUT2D eigenvalue weighted by molar-refractivity contribution is 6.08. The van der Waals surface area contributed by atoms with Gasteiger partial charge in [0.05, 0.1) is 5.69 Å². The van der Waals surface area contributed by atoms with E-state index in [9.17, 15) is 0 Å². The van der Waals surface area contributed by atoms with Crippen molar-refractivity contribution in [3.8, 4) is 78.3 Å². The smallest absolute Gasteiger partial charge is 0.159 e. The Labute approximate surface area is 373 Å². The minimum atomic E-state index is 0.813. The van der Waals surface area contributed by atoms with Crippen molar-refractivity contribution in [1.82, 2.24) is 0 Å². The van der Waals surface area contributed by atoms with Gasteiger partial charge >= 0.3 is 0 Å². The standard InChI is InChI=1S/C62H41NO/c1-3-12-42(13-4-1)45-22-24-46(25-23-45)47-26-28-49(29-27-47)52-34-39-60-58(41-52)61-55-19-10-9-17-50(55)33-38-56(61)57-20-11-21-59(62(57)64-60)63(54-37-32-44-16-7-8-18-51(44)40-54)53-35-30-48(31-36-53)43-14-5-2-6-15-43/h1-41H. The van der Waals surface area contributed by atoms with Gasteiger partial charge in [-0.15, -0.1) is 0 Å². The van der Waals surface area contributed by atoms with Gasteiger partial charge in [-0.1, -0.05) is 206 Å². The molecular weight excluding hydrogens is 775 g/mol. The number of fused-ring (bicyclic) bond motifs is 8. The second-order valence-corrected chi connectivity index (χ2v) is 16.5. The van der Waals surface area contributed by atoms with Crippen molar-refractivity contribution in [1.29, 1.82) is 0 Å². The molecule has 0 fully saturated rings. The quantitative estimate of drug-likeness (QED) is 0.159. The van der Waals surface area contributed by atoms with Gasteiger partial charge in [0, 0.05) is 28.1 Å². The van der Waals surface area contributed by atoms with Gasteiger partial charge in [-0.25, -0.2) is 0 Å². The van der Waals surface area contributed by atoms with E-state index in [1.165, 1.54) is 60.5 Å². The molecule has 0 aliphatic carbocycles. The number of hydrogen-bond donors (Lipinski definition) is 0. The molecule has 64 heavy (non-hydrogen) atoms. The van der Waals surface area contributed by atoms with Crippen LogP contribution in [0.2, 0.25) is 0 Å². The van der Waals surface area contributed by atoms with Crippen molar-refractivity contribution in [3.05, 3.63) is 249 Å². The van der Waals surface area contributed by atoms with Gasteiger partial charge in [-0.2, -0.15) is 0 Å². The maximum Gasteiger partial charge on any atom is 0.159 e. The van der Waals surface area contributed by atoms with Crippen molar-refractivity contribution < 1.29 is 4.74 Å². The van der Waals surface area contributed by atoms with Crippen molar-refractivity contribution in [2.45, 2.75) is 0 Å². The van der Waals surface area contributed by atoms with E-state index in [2.05, 4.69) is 254 Å². The molecule has 0 aromatic heterocycles. The van der Waals surface area contributed by atoms with Crippen LogP contribution in [-0.2, 0) is 0 Å². The van der Waals surface area contributed by atoms with Gasteiger partial charge in [0.15, 0.2) is 5.75 Å². The first-order chi connectivity index (χ1) is 31.7. The van der Waals surface area contributed by atoms with E-state index < -0.39 is 0 Å². The summed E-state index contributed by atoms with van der Waals surface area (Å²) in [6.45, 7) is 0. The number of para-hydroxylation sites is 1. The largest absolute Gasteiger partial charge is 0.454 e. The lowest BCUT2D eigenvalue weighted by atomic mass is 9.88. The molecule has 0 N–H and O–H groups in total. The summed E-state index contributed by atoms with van der Waals surface area (Å²) in [5.41, 5.74) is 16.9. The van der Waals surface area contributed by atoms with Gasteiger partial charge in [-0.3, -0.25) is 0 Å². The Morgan fingerprint density at radius 3 is 1.44 bits per heavy atom. The zero-order valence-electron chi connectivity index (χ0n) is 35.0. The topological polar surface area (TPSA) is 12.5 Å². The van der Waals surface area contributed by atoms with Crippen molar-refractivity contribution in [3.63, 3.8) is 0 Å². The van der Waals surface area contributed by atoms with E-state index in [0.29, 0.717) is 0 Å². The number of rotatable bonds is 7. The first kappa shape index (κ1) is 37.3. The molecule has 0 saturated carbocycles. The minimum Gasteiger partial charge on any atom is -0.454 e. The molecule has 0 atom stereocenters. The summed E-state index contributed by atoms with van der Waals surface area (Å²) in [6, 6.07) is 89.5. The molecule has 1 aliphatic rings. The first-order valence-corrected chi connectivity index (χ1v) is 21.9. The number of benzene rings is 11. The van der Waals surface area contributed by atoms with Crippen LogP contribution in [0.25, 0.3) is 88.3 Å². The molecule has 300 valence electrons. The van der Waals surface area contributed by atoms with E-state index in [4.69, 9.17) is 4.74 Å². The van der Waals surface area contributed by atoms with E-state index in [1.807, 2.05) is 0 Å². The lowest BCUT2D eigenvalue weighted by Crippen LogP contribution is -2.11. The van der Waals surface area contributed by atoms with E-state index in [0.717, 1.165) is 56.4 Å². The molecule has 1 aliphatic heterocycles. The molecule has 11 aromatic rings. The number of nitrogens with zero attached hydrogens (tertiary/aromatic N) is 1. The molecule has 1 heterocycles. The molecule has 0 spiro atoms. The van der Waals surface area contributed by atoms with Crippen LogP contribution in [0.15, 0.2) is 249 Å². The average Bonchev–Trinajstić information content (AvgIpc) is 3.52. The monoisotopic (exact) mass is 815 g/mol. The van der Waals surface area contributed by atoms with Crippen LogP contribution < -0.4 is 9.64 Å². The fourth-order valence-corrected chi connectivity index (χ4v) is 9.43. The Balaban J connectivity index is 0.986. The summed E-state index contributed by atoms with van der Waals surface area (Å²) in [4.78, 5) is 2.34. The lowest BCUT2D eigenvalue weighted by Gasteiger charge is -2.28. The van der Waals surface area contributed by atoms with Gasteiger partial charge in [0.1, 0.15) is 5.75 Å². The zero-order valence-corrected chi connectivity index (χ0v) is 35.0. The number of hydrogen-bond acceptors (Lipinski definition) is 2. The predicted molar refractivity (Wildman–Crippen MR) is 269 cm³/mol. The number of anilines is 3. The van der Waals surface area contributed by atoms with Crippen LogP contribution in [0.5, 0.6) is 11.5 Å². The third-order valence-corrected chi connectivity index (χ3v) is 12.7. The van der Waals surface area contributed by atoms with Crippen molar-refractivity contribution in [2.75, 3.05) is 4.90 Å². The molecule has 0 saturated heterocycles. The minimum absolute atomic E-state index is 0.813. The summed E-state index contributed by atoms with van der Waals surface area (Å²) in [6.07, 6.45) is 0. The van der Waals surface area contributed by atoms with Crippen molar-refractivity contribution in [2.24, 2.45) is 0 Å². The van der Waals surface area contributed by atoms with Crippen LogP contribution in [0.3, 0.4) is 0 Å². The van der Waals surface area contributed by atoms with Gasteiger partial charge in [-0.05, 0) is 114 Å². The number of ether oxygens (including phenoxy) is 1. The predicted octanol–water partition coefficient (Wildman–Crippen LogP) is 17.6. The maximum absolute atomic E-state index is 7.34. The molecule has 2 nitrogen and oxygen atoms in total. The van der Waals surface area contributed by atoms with Crippen LogP contribution >= 0.6 is 0 Å². The molecule has 11 aromatic carbocycles. The zero-order chi connectivity index (χ0) is 42.4. The Morgan fingerprint density at radius 1 is 0.281 bits per heavy atom. The first-order valence-electron chi connectivity index (χ1n) is 21.9. The summed E-state index contributed by atoms with van der Waals surface area (Å²) >= 11 is 0. The molecule has 0 bridgehead atoms. The van der Waals surface area contributed by atoms with E-state index in [-0.39, 0.29) is 0 Å². The van der Waals surface area contributed by atoms with E-state index in [1.54, 1.807) is 0 Å². The summed E-state index contributed by atoms with van der Waals surface area (Å²) in [5.74, 6) is 1.63. The second-order valence-electron chi connectivity index (χ2n) is 16.5. The molecule has 0 amide bonds. The second kappa shape index (κ2) is 15.8. The molecule has 0 unspecified atom stereocenters. The fraction of sp³-hybridized carbons (Fsp3) is 0. The molecular formula is C62H41NO. The molecule has 0 radical (unpaired) electrons. The Bertz CT molecular complexity index is 3480. The Morgan fingerprint density at radius 2 is 0.781 bits per heavy atom. The Hall–Kier alpha value is -8.46. The van der Waals surface area contributed by atoms with Gasteiger partial charge < -0.3 is 9.64 Å². The van der Waals surface area contributed by atoms with Gasteiger partial charge in [0.2, 0.25) is 0 Å². The van der Waals surface area contributed by atoms with Gasteiger partial charge in [0.25, 0.3) is 0 Å². The highest BCUT2D eigenvalue weighted by Crippen LogP contribution is 2.54. The van der Waals surface area contributed by atoms with Crippen LogP contribution in [0.1, 0.15) is 0 Å².